The van der Waals surface area contributed by atoms with Crippen LogP contribution in [0.5, 0.6) is 0 Å². The highest BCUT2D eigenvalue weighted by molar-refractivity contribution is 5.45. The molecule has 1 saturated carbocycles. The predicted octanol–water partition coefficient (Wildman–Crippen LogP) is 0.841. The van der Waals surface area contributed by atoms with Crippen molar-refractivity contribution in [3.63, 3.8) is 0 Å². The van der Waals surface area contributed by atoms with Gasteiger partial charge in [-0.05, 0) is 26.9 Å². The van der Waals surface area contributed by atoms with E-state index in [0.29, 0.717) is 0 Å². The zero-order chi connectivity index (χ0) is 18.0. The Morgan fingerprint density at radius 1 is 1.24 bits per heavy atom. The number of likely N-dealkylation sites (N-methyl/N-ethyl adjacent to an activating group) is 1. The van der Waals surface area contributed by atoms with Gasteiger partial charge < -0.3 is 24.5 Å². The summed E-state index contributed by atoms with van der Waals surface area (Å²) in [6.45, 7) is 3.42. The summed E-state index contributed by atoms with van der Waals surface area (Å²) < 4.78 is 6.09. The van der Waals surface area contributed by atoms with Crippen molar-refractivity contribution in [3.8, 4) is 0 Å². The van der Waals surface area contributed by atoms with Crippen LogP contribution in [0.4, 0.5) is 11.6 Å². The molecule has 2 atom stereocenters. The highest BCUT2D eigenvalue weighted by Crippen LogP contribution is 2.51. The predicted molar refractivity (Wildman–Crippen MR) is 99.2 cm³/mol. The molecule has 0 radical (unpaired) electrons. The first-order valence-corrected chi connectivity index (χ1v) is 9.11. The fraction of sp³-hybridized carbons (Fsp3) is 0.778. The average molecular weight is 349 g/mol. The minimum Gasteiger partial charge on any atom is -0.392 e. The first-order valence-electron chi connectivity index (χ1n) is 9.11. The van der Waals surface area contributed by atoms with Gasteiger partial charge in [-0.3, -0.25) is 4.98 Å². The number of piperidine rings is 1. The van der Waals surface area contributed by atoms with Gasteiger partial charge in [0.15, 0.2) is 0 Å². The molecule has 1 aromatic rings. The molecule has 25 heavy (non-hydrogen) atoms. The number of nitrogens with zero attached hydrogens (tertiary/aromatic N) is 5. The third-order valence-corrected chi connectivity index (χ3v) is 5.69. The molecule has 2 heterocycles. The van der Waals surface area contributed by atoms with Gasteiger partial charge in [-0.25, -0.2) is 4.98 Å². The Kier molecular flexibility index (Phi) is 5.46. The van der Waals surface area contributed by atoms with Gasteiger partial charge >= 0.3 is 0 Å². The van der Waals surface area contributed by atoms with Gasteiger partial charge in [-0.15, -0.1) is 0 Å². The lowest BCUT2D eigenvalue weighted by Crippen LogP contribution is -2.62. The second-order valence-corrected chi connectivity index (χ2v) is 7.76. The highest BCUT2D eigenvalue weighted by atomic mass is 16.5. The van der Waals surface area contributed by atoms with Crippen molar-refractivity contribution in [1.82, 2.24) is 14.9 Å². The Morgan fingerprint density at radius 2 is 1.96 bits per heavy atom. The molecule has 140 valence electrons. The number of aliphatic hydroxyl groups is 1. The number of ether oxygens (including phenoxy) is 1. The molecule has 1 spiro atoms. The SMILES string of the molecule is CN(C)CCO[C@@H]1C[C@H](O)C12CCN(c1cncc(N(C)C)n1)CC2. The van der Waals surface area contributed by atoms with Crippen molar-refractivity contribution in [1.29, 1.82) is 0 Å². The Hall–Kier alpha value is -1.44. The van der Waals surface area contributed by atoms with Crippen LogP contribution in [0.2, 0.25) is 0 Å². The first kappa shape index (κ1) is 18.4. The Bertz CT molecular complexity index is 572. The number of aromatic nitrogens is 2. The molecule has 7 nitrogen and oxygen atoms in total. The molecular formula is C18H31N5O2. The number of rotatable bonds is 6. The molecular weight excluding hydrogens is 318 g/mol. The molecule has 2 fully saturated rings. The van der Waals surface area contributed by atoms with E-state index < -0.39 is 0 Å². The molecule has 1 saturated heterocycles. The maximum absolute atomic E-state index is 10.4. The Morgan fingerprint density at radius 3 is 2.56 bits per heavy atom. The van der Waals surface area contributed by atoms with Crippen LogP contribution in [0.25, 0.3) is 0 Å². The van der Waals surface area contributed by atoms with Crippen LogP contribution in [-0.2, 0) is 4.74 Å². The lowest BCUT2D eigenvalue weighted by molar-refractivity contribution is -0.202. The van der Waals surface area contributed by atoms with Gasteiger partial charge in [0.2, 0.25) is 0 Å². The van der Waals surface area contributed by atoms with E-state index in [1.54, 1.807) is 6.20 Å². The van der Waals surface area contributed by atoms with Gasteiger partial charge in [0.25, 0.3) is 0 Å². The summed E-state index contributed by atoms with van der Waals surface area (Å²) in [4.78, 5) is 15.4. The summed E-state index contributed by atoms with van der Waals surface area (Å²) in [6.07, 6.45) is 6.20. The molecule has 0 amide bonds. The monoisotopic (exact) mass is 349 g/mol. The van der Waals surface area contributed by atoms with E-state index in [1.165, 1.54) is 0 Å². The summed E-state index contributed by atoms with van der Waals surface area (Å²) in [5, 5.41) is 10.4. The van der Waals surface area contributed by atoms with Crippen LogP contribution in [0.3, 0.4) is 0 Å². The van der Waals surface area contributed by atoms with E-state index >= 15 is 0 Å². The largest absolute Gasteiger partial charge is 0.392 e. The van der Waals surface area contributed by atoms with Crippen LogP contribution in [0.15, 0.2) is 12.4 Å². The fourth-order valence-electron chi connectivity index (χ4n) is 3.86. The van der Waals surface area contributed by atoms with Crippen LogP contribution >= 0.6 is 0 Å². The van der Waals surface area contributed by atoms with E-state index in [-0.39, 0.29) is 17.6 Å². The lowest BCUT2D eigenvalue weighted by atomic mass is 9.58. The zero-order valence-corrected chi connectivity index (χ0v) is 15.9. The van der Waals surface area contributed by atoms with Gasteiger partial charge in [0, 0.05) is 45.6 Å². The minimum absolute atomic E-state index is 0.0740. The van der Waals surface area contributed by atoms with Crippen molar-refractivity contribution in [3.05, 3.63) is 12.4 Å². The molecule has 1 aliphatic heterocycles. The maximum Gasteiger partial charge on any atom is 0.149 e. The van der Waals surface area contributed by atoms with E-state index in [1.807, 2.05) is 25.2 Å². The first-order chi connectivity index (χ1) is 11.9. The van der Waals surface area contributed by atoms with E-state index in [9.17, 15) is 5.11 Å². The van der Waals surface area contributed by atoms with Crippen molar-refractivity contribution in [2.75, 3.05) is 64.2 Å². The number of aliphatic hydroxyl groups excluding tert-OH is 1. The molecule has 0 unspecified atom stereocenters. The van der Waals surface area contributed by atoms with Crippen LogP contribution in [0.1, 0.15) is 19.3 Å². The second-order valence-electron chi connectivity index (χ2n) is 7.76. The molecule has 7 heteroatoms. The van der Waals surface area contributed by atoms with Crippen LogP contribution in [-0.4, -0.2) is 86.6 Å². The topological polar surface area (TPSA) is 65.0 Å². The van der Waals surface area contributed by atoms with E-state index in [2.05, 4.69) is 33.9 Å². The van der Waals surface area contributed by atoms with Crippen molar-refractivity contribution in [2.24, 2.45) is 5.41 Å². The molecule has 0 bridgehead atoms. The molecule has 3 rings (SSSR count). The van der Waals surface area contributed by atoms with Crippen LogP contribution < -0.4 is 9.80 Å². The maximum atomic E-state index is 10.4. The number of hydrogen-bond acceptors (Lipinski definition) is 7. The van der Waals surface area contributed by atoms with Gasteiger partial charge in [0.1, 0.15) is 11.6 Å². The normalized spacial score (nSPS) is 25.3. The molecule has 2 aliphatic rings. The van der Waals surface area contributed by atoms with Gasteiger partial charge in [-0.2, -0.15) is 0 Å². The molecule has 1 aliphatic carbocycles. The van der Waals surface area contributed by atoms with Crippen molar-refractivity contribution < 1.29 is 9.84 Å². The quantitative estimate of drug-likeness (QED) is 0.816. The smallest absolute Gasteiger partial charge is 0.149 e. The summed E-state index contributed by atoms with van der Waals surface area (Å²) in [7, 11) is 8.05. The van der Waals surface area contributed by atoms with Crippen LogP contribution in [0, 0.1) is 5.41 Å². The number of anilines is 2. The second kappa shape index (κ2) is 7.43. The average Bonchev–Trinajstić information content (AvgIpc) is 2.61. The summed E-state index contributed by atoms with van der Waals surface area (Å²) in [6, 6.07) is 0. The fourth-order valence-corrected chi connectivity index (χ4v) is 3.86. The third-order valence-electron chi connectivity index (χ3n) is 5.69. The van der Waals surface area contributed by atoms with Gasteiger partial charge in [-0.1, -0.05) is 0 Å². The summed E-state index contributed by atoms with van der Waals surface area (Å²) in [5.74, 6) is 1.78. The Balaban J connectivity index is 1.59. The molecule has 0 aromatic carbocycles. The summed E-state index contributed by atoms with van der Waals surface area (Å²) in [5.41, 5.74) is -0.0740. The zero-order valence-electron chi connectivity index (χ0n) is 15.9. The van der Waals surface area contributed by atoms with E-state index in [4.69, 9.17) is 4.74 Å². The van der Waals surface area contributed by atoms with Gasteiger partial charge in [0.05, 0.1) is 31.2 Å². The number of hydrogen-bond donors (Lipinski definition) is 1. The third kappa shape index (κ3) is 3.73. The summed E-state index contributed by atoms with van der Waals surface area (Å²) >= 11 is 0. The Labute approximate surface area is 150 Å². The van der Waals surface area contributed by atoms with Crippen molar-refractivity contribution >= 4 is 11.6 Å². The molecule has 1 aromatic heterocycles. The minimum atomic E-state index is -0.238. The van der Waals surface area contributed by atoms with E-state index in [0.717, 1.165) is 57.1 Å². The van der Waals surface area contributed by atoms with Crippen molar-refractivity contribution in [2.45, 2.75) is 31.5 Å². The standard InChI is InChI=1S/C18H31N5O2/c1-21(2)9-10-25-15-11-14(24)18(15)5-7-23(8-6-18)17-13-19-12-16(20-17)22(3)4/h12-15,24H,5-11H2,1-4H3/t14-,15+/m0/s1. The lowest BCUT2D eigenvalue weighted by Gasteiger charge is -2.56. The molecule has 1 N–H and O–H groups in total. The highest BCUT2D eigenvalue weighted by Gasteiger charge is 2.56.